The number of hydrogen-bond donors (Lipinski definition) is 1. The molecule has 1 fully saturated rings. The maximum absolute atomic E-state index is 10.2. The minimum atomic E-state index is -0.286. The van der Waals surface area contributed by atoms with Crippen LogP contribution in [0.5, 0.6) is 0 Å². The lowest BCUT2D eigenvalue weighted by Crippen LogP contribution is -2.36. The van der Waals surface area contributed by atoms with Crippen molar-refractivity contribution in [1.29, 1.82) is 0 Å². The fourth-order valence-corrected chi connectivity index (χ4v) is 3.36. The van der Waals surface area contributed by atoms with Gasteiger partial charge in [0.25, 0.3) is 0 Å². The van der Waals surface area contributed by atoms with Crippen molar-refractivity contribution in [1.82, 2.24) is 9.55 Å². The second-order valence-electron chi connectivity index (χ2n) is 4.44. The first-order valence-corrected chi connectivity index (χ1v) is 6.38. The third-order valence-electron chi connectivity index (χ3n) is 3.25. The molecule has 1 aromatic heterocycles. The summed E-state index contributed by atoms with van der Waals surface area (Å²) >= 11 is 1.89. The zero-order valence-corrected chi connectivity index (χ0v) is 10.1. The quantitative estimate of drug-likeness (QED) is 0.851. The number of nitrogens with zero attached hydrogens (tertiary/aromatic N) is 2. The lowest BCUT2D eigenvalue weighted by molar-refractivity contribution is 0.130. The van der Waals surface area contributed by atoms with Crippen molar-refractivity contribution >= 4 is 11.8 Å². The molecule has 15 heavy (non-hydrogen) atoms. The van der Waals surface area contributed by atoms with Crippen LogP contribution in [0.25, 0.3) is 0 Å². The Bertz CT molecular complexity index is 331. The molecule has 1 aromatic rings. The van der Waals surface area contributed by atoms with Gasteiger partial charge in [0, 0.05) is 30.6 Å². The van der Waals surface area contributed by atoms with Crippen molar-refractivity contribution in [2.45, 2.75) is 37.0 Å². The molecular weight excluding hydrogens is 208 g/mol. The van der Waals surface area contributed by atoms with Gasteiger partial charge in [-0.1, -0.05) is 0 Å². The molecule has 1 saturated heterocycles. The SMILES string of the molecule is Cn1ccnc1CC(O)C1(C)CCCS1. The van der Waals surface area contributed by atoms with Crippen LogP contribution in [-0.4, -0.2) is 31.3 Å². The molecule has 2 atom stereocenters. The van der Waals surface area contributed by atoms with Crippen LogP contribution in [0, 0.1) is 0 Å². The third-order valence-corrected chi connectivity index (χ3v) is 4.88. The molecule has 0 aromatic carbocycles. The lowest BCUT2D eigenvalue weighted by Gasteiger charge is -2.28. The first-order valence-electron chi connectivity index (χ1n) is 5.40. The second kappa shape index (κ2) is 4.18. The summed E-state index contributed by atoms with van der Waals surface area (Å²) in [6.45, 7) is 2.16. The van der Waals surface area contributed by atoms with E-state index in [1.165, 1.54) is 12.2 Å². The molecule has 1 aliphatic rings. The standard InChI is InChI=1S/C11H18N2OS/c1-11(4-3-7-15-11)9(14)8-10-12-5-6-13(10)2/h5-6,9,14H,3-4,7-8H2,1-2H3. The van der Waals surface area contributed by atoms with Crippen molar-refractivity contribution < 1.29 is 5.11 Å². The Morgan fingerprint density at radius 2 is 2.53 bits per heavy atom. The molecule has 0 bridgehead atoms. The Hall–Kier alpha value is -0.480. The van der Waals surface area contributed by atoms with Crippen LogP contribution in [-0.2, 0) is 13.5 Å². The number of aromatic nitrogens is 2. The highest BCUT2D eigenvalue weighted by Crippen LogP contribution is 2.41. The van der Waals surface area contributed by atoms with Gasteiger partial charge in [0.15, 0.2) is 0 Å². The molecule has 2 heterocycles. The fourth-order valence-electron chi connectivity index (χ4n) is 2.05. The molecule has 0 saturated carbocycles. The number of aliphatic hydroxyl groups is 1. The summed E-state index contributed by atoms with van der Waals surface area (Å²) in [4.78, 5) is 4.25. The van der Waals surface area contributed by atoms with E-state index in [-0.39, 0.29) is 10.9 Å². The number of aliphatic hydroxyl groups excluding tert-OH is 1. The Morgan fingerprint density at radius 1 is 1.73 bits per heavy atom. The lowest BCUT2D eigenvalue weighted by atomic mass is 9.96. The van der Waals surface area contributed by atoms with Crippen LogP contribution in [0.2, 0.25) is 0 Å². The highest BCUT2D eigenvalue weighted by atomic mass is 32.2. The summed E-state index contributed by atoms with van der Waals surface area (Å²) in [6.07, 6.45) is 6.42. The molecule has 1 N–H and O–H groups in total. The van der Waals surface area contributed by atoms with E-state index < -0.39 is 0 Å². The third kappa shape index (κ3) is 2.21. The average molecular weight is 226 g/mol. The van der Waals surface area contributed by atoms with Crippen molar-refractivity contribution in [3.8, 4) is 0 Å². The maximum atomic E-state index is 10.2. The molecule has 2 rings (SSSR count). The van der Waals surface area contributed by atoms with Gasteiger partial charge in [-0.2, -0.15) is 11.8 Å². The Balaban J connectivity index is 2.03. The van der Waals surface area contributed by atoms with E-state index in [1.807, 2.05) is 29.6 Å². The summed E-state index contributed by atoms with van der Waals surface area (Å²) in [5.41, 5.74) is 0. The normalized spacial score (nSPS) is 28.2. The molecule has 3 nitrogen and oxygen atoms in total. The number of imidazole rings is 1. The molecule has 0 aliphatic carbocycles. The summed E-state index contributed by atoms with van der Waals surface area (Å²) in [5, 5.41) is 10.2. The number of thioether (sulfide) groups is 1. The van der Waals surface area contributed by atoms with E-state index in [0.29, 0.717) is 6.42 Å². The zero-order valence-electron chi connectivity index (χ0n) is 9.31. The molecule has 0 spiro atoms. The van der Waals surface area contributed by atoms with Gasteiger partial charge in [0.1, 0.15) is 5.82 Å². The van der Waals surface area contributed by atoms with Crippen molar-refractivity contribution in [3.63, 3.8) is 0 Å². The van der Waals surface area contributed by atoms with E-state index in [4.69, 9.17) is 0 Å². The molecule has 1 aliphatic heterocycles. The predicted octanol–water partition coefficient (Wildman–Crippen LogP) is 1.61. The van der Waals surface area contributed by atoms with Gasteiger partial charge >= 0.3 is 0 Å². The Morgan fingerprint density at radius 3 is 3.07 bits per heavy atom. The van der Waals surface area contributed by atoms with Gasteiger partial charge in [-0.3, -0.25) is 0 Å². The van der Waals surface area contributed by atoms with Crippen molar-refractivity contribution in [3.05, 3.63) is 18.2 Å². The number of hydrogen-bond acceptors (Lipinski definition) is 3. The first kappa shape index (κ1) is 11.0. The van der Waals surface area contributed by atoms with Crippen LogP contribution >= 0.6 is 11.8 Å². The van der Waals surface area contributed by atoms with Crippen LogP contribution < -0.4 is 0 Å². The molecule has 2 unspecified atom stereocenters. The molecule has 0 amide bonds. The van der Waals surface area contributed by atoms with E-state index >= 15 is 0 Å². The van der Waals surface area contributed by atoms with Gasteiger partial charge in [0.05, 0.1) is 6.10 Å². The minimum Gasteiger partial charge on any atom is -0.391 e. The van der Waals surface area contributed by atoms with E-state index in [2.05, 4.69) is 11.9 Å². The molecule has 84 valence electrons. The number of rotatable bonds is 3. The smallest absolute Gasteiger partial charge is 0.111 e. The van der Waals surface area contributed by atoms with E-state index in [9.17, 15) is 5.11 Å². The van der Waals surface area contributed by atoms with Gasteiger partial charge in [-0.05, 0) is 25.5 Å². The minimum absolute atomic E-state index is 0.0337. The zero-order chi connectivity index (χ0) is 10.9. The van der Waals surface area contributed by atoms with E-state index in [1.54, 1.807) is 6.20 Å². The topological polar surface area (TPSA) is 38.0 Å². The largest absolute Gasteiger partial charge is 0.391 e. The van der Waals surface area contributed by atoms with Crippen LogP contribution in [0.4, 0.5) is 0 Å². The van der Waals surface area contributed by atoms with Gasteiger partial charge in [-0.25, -0.2) is 4.98 Å². The van der Waals surface area contributed by atoms with Crippen molar-refractivity contribution in [2.24, 2.45) is 7.05 Å². The Kier molecular flexibility index (Phi) is 3.07. The van der Waals surface area contributed by atoms with E-state index in [0.717, 1.165) is 12.2 Å². The monoisotopic (exact) mass is 226 g/mol. The maximum Gasteiger partial charge on any atom is 0.111 e. The fraction of sp³-hybridized carbons (Fsp3) is 0.727. The predicted molar refractivity (Wildman–Crippen MR) is 63.0 cm³/mol. The number of aryl methyl sites for hydroxylation is 1. The first-order chi connectivity index (χ1) is 7.12. The summed E-state index contributed by atoms with van der Waals surface area (Å²) in [7, 11) is 1.97. The highest BCUT2D eigenvalue weighted by molar-refractivity contribution is 8.00. The van der Waals surface area contributed by atoms with Gasteiger partial charge in [0.2, 0.25) is 0 Å². The van der Waals surface area contributed by atoms with Crippen LogP contribution in [0.15, 0.2) is 12.4 Å². The summed E-state index contributed by atoms with van der Waals surface area (Å²) in [5.74, 6) is 2.14. The second-order valence-corrected chi connectivity index (χ2v) is 6.07. The van der Waals surface area contributed by atoms with Crippen molar-refractivity contribution in [2.75, 3.05) is 5.75 Å². The van der Waals surface area contributed by atoms with Gasteiger partial charge in [-0.15, -0.1) is 0 Å². The average Bonchev–Trinajstić information content (AvgIpc) is 2.78. The van der Waals surface area contributed by atoms with Crippen LogP contribution in [0.1, 0.15) is 25.6 Å². The summed E-state index contributed by atoms with van der Waals surface area (Å²) < 4.78 is 2.01. The van der Waals surface area contributed by atoms with Gasteiger partial charge < -0.3 is 9.67 Å². The molecular formula is C11H18N2OS. The highest BCUT2D eigenvalue weighted by Gasteiger charge is 2.37. The molecule has 4 heteroatoms. The van der Waals surface area contributed by atoms with Crippen LogP contribution in [0.3, 0.4) is 0 Å². The Labute approximate surface area is 94.9 Å². The molecule has 0 radical (unpaired) electrons. The summed E-state index contributed by atoms with van der Waals surface area (Å²) in [6, 6.07) is 0.